The van der Waals surface area contributed by atoms with Crippen LogP contribution in [-0.4, -0.2) is 49.0 Å². The smallest absolute Gasteiger partial charge is 0.299 e. The van der Waals surface area contributed by atoms with Crippen LogP contribution < -0.4 is 0 Å². The standard InChI is InChI=1S/C11H14N2O5S/c14-11(9-7-17-10(12-9)8-1-2-8)13-3-5-19(15,16)6-4-18-13/h7-8H,1-6H2. The van der Waals surface area contributed by atoms with Gasteiger partial charge in [-0.15, -0.1) is 0 Å². The van der Waals surface area contributed by atoms with Gasteiger partial charge in [0, 0.05) is 5.92 Å². The van der Waals surface area contributed by atoms with Gasteiger partial charge in [0.25, 0.3) is 5.91 Å². The Hall–Kier alpha value is -1.41. The molecule has 3 rings (SSSR count). The van der Waals surface area contributed by atoms with Crippen LogP contribution in [0, 0.1) is 0 Å². The number of hydrogen-bond donors (Lipinski definition) is 0. The summed E-state index contributed by atoms with van der Waals surface area (Å²) in [5.41, 5.74) is 0.168. The van der Waals surface area contributed by atoms with Crippen LogP contribution >= 0.6 is 0 Å². The van der Waals surface area contributed by atoms with Crippen molar-refractivity contribution in [3.63, 3.8) is 0 Å². The van der Waals surface area contributed by atoms with E-state index < -0.39 is 15.7 Å². The number of carbonyl (C=O) groups excluding carboxylic acids is 1. The highest BCUT2D eigenvalue weighted by Gasteiger charge is 2.31. The average Bonchev–Trinajstić information content (AvgIpc) is 3.13. The summed E-state index contributed by atoms with van der Waals surface area (Å²) in [6.07, 6.45) is 3.37. The van der Waals surface area contributed by atoms with E-state index in [1.54, 1.807) is 0 Å². The summed E-state index contributed by atoms with van der Waals surface area (Å²) in [5.74, 6) is 0.292. The van der Waals surface area contributed by atoms with Gasteiger partial charge in [0.2, 0.25) is 0 Å². The van der Waals surface area contributed by atoms with Crippen LogP contribution in [0.3, 0.4) is 0 Å². The van der Waals surface area contributed by atoms with Gasteiger partial charge in [0.15, 0.2) is 21.4 Å². The van der Waals surface area contributed by atoms with Crippen LogP contribution in [0.5, 0.6) is 0 Å². The van der Waals surface area contributed by atoms with Crippen LogP contribution in [0.2, 0.25) is 0 Å². The maximum atomic E-state index is 12.1. The molecule has 0 unspecified atom stereocenters. The molecule has 0 radical (unpaired) electrons. The highest BCUT2D eigenvalue weighted by molar-refractivity contribution is 7.91. The molecule has 1 amide bonds. The van der Waals surface area contributed by atoms with Gasteiger partial charge in [-0.1, -0.05) is 0 Å². The molecule has 2 fully saturated rings. The summed E-state index contributed by atoms with van der Waals surface area (Å²) in [5, 5.41) is 1.05. The van der Waals surface area contributed by atoms with E-state index in [-0.39, 0.29) is 30.4 Å². The van der Waals surface area contributed by atoms with Gasteiger partial charge >= 0.3 is 0 Å². The molecule has 0 spiro atoms. The molecule has 0 bridgehead atoms. The lowest BCUT2D eigenvalue weighted by molar-refractivity contribution is -0.112. The first-order chi connectivity index (χ1) is 9.05. The van der Waals surface area contributed by atoms with Crippen molar-refractivity contribution in [2.75, 3.05) is 24.7 Å². The Morgan fingerprint density at radius 2 is 2.16 bits per heavy atom. The highest BCUT2D eigenvalue weighted by atomic mass is 32.2. The molecule has 0 atom stereocenters. The van der Waals surface area contributed by atoms with Crippen molar-refractivity contribution >= 4 is 15.7 Å². The Labute approximate surface area is 110 Å². The van der Waals surface area contributed by atoms with Gasteiger partial charge in [-0.2, -0.15) is 0 Å². The maximum Gasteiger partial charge on any atom is 0.299 e. The summed E-state index contributed by atoms with van der Waals surface area (Å²) in [6, 6.07) is 0. The largest absolute Gasteiger partial charge is 0.448 e. The number of amides is 1. The molecule has 1 aromatic rings. The second-order valence-corrected chi connectivity index (χ2v) is 7.04. The molecule has 1 aliphatic carbocycles. The molecule has 1 aromatic heterocycles. The Morgan fingerprint density at radius 3 is 2.89 bits per heavy atom. The average molecular weight is 286 g/mol. The molecule has 104 valence electrons. The van der Waals surface area contributed by atoms with E-state index >= 15 is 0 Å². The lowest BCUT2D eigenvalue weighted by atomic mass is 10.4. The molecule has 8 heteroatoms. The fourth-order valence-corrected chi connectivity index (χ4v) is 2.83. The van der Waals surface area contributed by atoms with Crippen molar-refractivity contribution in [1.29, 1.82) is 0 Å². The number of sulfone groups is 1. The number of carbonyl (C=O) groups is 1. The number of rotatable bonds is 2. The second-order valence-electron chi connectivity index (χ2n) is 4.74. The zero-order valence-corrected chi connectivity index (χ0v) is 11.1. The van der Waals surface area contributed by atoms with Crippen molar-refractivity contribution in [2.24, 2.45) is 0 Å². The van der Waals surface area contributed by atoms with E-state index in [1.165, 1.54) is 6.26 Å². The molecule has 1 saturated carbocycles. The van der Waals surface area contributed by atoms with Crippen molar-refractivity contribution < 1.29 is 22.5 Å². The second kappa shape index (κ2) is 4.61. The fourth-order valence-electron chi connectivity index (χ4n) is 1.85. The van der Waals surface area contributed by atoms with Crippen molar-refractivity contribution in [3.05, 3.63) is 17.8 Å². The molecule has 1 aliphatic heterocycles. The first-order valence-electron chi connectivity index (χ1n) is 6.16. The molecular formula is C11H14N2O5S. The minimum absolute atomic E-state index is 0.0125. The van der Waals surface area contributed by atoms with Gasteiger partial charge in [0.1, 0.15) is 6.26 Å². The van der Waals surface area contributed by atoms with Gasteiger partial charge in [-0.25, -0.2) is 18.5 Å². The lowest BCUT2D eigenvalue weighted by Crippen LogP contribution is -2.33. The number of hydroxylamine groups is 2. The lowest BCUT2D eigenvalue weighted by Gasteiger charge is -2.16. The summed E-state index contributed by atoms with van der Waals surface area (Å²) < 4.78 is 28.1. The molecule has 7 nitrogen and oxygen atoms in total. The summed E-state index contributed by atoms with van der Waals surface area (Å²) in [6.45, 7) is 0.00813. The van der Waals surface area contributed by atoms with E-state index in [4.69, 9.17) is 9.25 Å². The van der Waals surface area contributed by atoms with E-state index in [0.29, 0.717) is 11.8 Å². The van der Waals surface area contributed by atoms with Crippen molar-refractivity contribution in [1.82, 2.24) is 10.0 Å². The van der Waals surface area contributed by atoms with Crippen LogP contribution in [0.1, 0.15) is 35.1 Å². The molecule has 1 saturated heterocycles. The Balaban J connectivity index is 1.71. The molecule has 0 N–H and O–H groups in total. The van der Waals surface area contributed by atoms with Crippen LogP contribution in [0.25, 0.3) is 0 Å². The molecule has 2 aliphatic rings. The van der Waals surface area contributed by atoms with E-state index in [9.17, 15) is 13.2 Å². The van der Waals surface area contributed by atoms with E-state index in [2.05, 4.69) is 4.98 Å². The molecule has 19 heavy (non-hydrogen) atoms. The number of hydrogen-bond acceptors (Lipinski definition) is 6. The Bertz CT molecular complexity index is 590. The van der Waals surface area contributed by atoms with Crippen LogP contribution in [0.4, 0.5) is 0 Å². The first kappa shape index (κ1) is 12.6. The van der Waals surface area contributed by atoms with Crippen LogP contribution in [-0.2, 0) is 14.7 Å². The number of aromatic nitrogens is 1. The molecule has 0 aromatic carbocycles. The summed E-state index contributed by atoms with van der Waals surface area (Å²) in [7, 11) is -3.13. The quantitative estimate of drug-likeness (QED) is 0.779. The molecule has 2 heterocycles. The van der Waals surface area contributed by atoms with Crippen molar-refractivity contribution in [3.8, 4) is 0 Å². The van der Waals surface area contributed by atoms with Gasteiger partial charge in [0.05, 0.1) is 24.7 Å². The third kappa shape index (κ3) is 2.79. The number of nitrogens with zero attached hydrogens (tertiary/aromatic N) is 2. The number of oxazole rings is 1. The van der Waals surface area contributed by atoms with Crippen molar-refractivity contribution in [2.45, 2.75) is 18.8 Å². The summed E-state index contributed by atoms with van der Waals surface area (Å²) >= 11 is 0. The predicted molar refractivity (Wildman–Crippen MR) is 64.1 cm³/mol. The molecular weight excluding hydrogens is 272 g/mol. The minimum Gasteiger partial charge on any atom is -0.448 e. The Morgan fingerprint density at radius 1 is 1.37 bits per heavy atom. The monoisotopic (exact) mass is 286 g/mol. The zero-order valence-electron chi connectivity index (χ0n) is 10.2. The van der Waals surface area contributed by atoms with E-state index in [1.807, 2.05) is 0 Å². The normalized spacial score (nSPS) is 23.1. The fraction of sp³-hybridized carbons (Fsp3) is 0.636. The highest BCUT2D eigenvalue weighted by Crippen LogP contribution is 2.39. The van der Waals surface area contributed by atoms with E-state index in [0.717, 1.165) is 17.9 Å². The SMILES string of the molecule is O=C(c1coc(C2CC2)n1)N1CCS(=O)(=O)CCO1. The Kier molecular flexibility index (Phi) is 3.06. The van der Waals surface area contributed by atoms with Crippen LogP contribution in [0.15, 0.2) is 10.7 Å². The van der Waals surface area contributed by atoms with Gasteiger partial charge in [-0.3, -0.25) is 9.63 Å². The maximum absolute atomic E-state index is 12.1. The van der Waals surface area contributed by atoms with Gasteiger partial charge < -0.3 is 4.42 Å². The predicted octanol–water partition coefficient (Wildman–Crippen LogP) is 0.354. The van der Waals surface area contributed by atoms with Gasteiger partial charge in [-0.05, 0) is 12.8 Å². The minimum atomic E-state index is -3.13. The zero-order chi connectivity index (χ0) is 13.5. The topological polar surface area (TPSA) is 89.7 Å². The third-order valence-electron chi connectivity index (χ3n) is 3.14. The first-order valence-corrected chi connectivity index (χ1v) is 7.98. The summed E-state index contributed by atoms with van der Waals surface area (Å²) in [4.78, 5) is 21.4. The third-order valence-corrected chi connectivity index (χ3v) is 4.73.